The van der Waals surface area contributed by atoms with E-state index in [9.17, 15) is 9.59 Å². The van der Waals surface area contributed by atoms with E-state index in [4.69, 9.17) is 32.7 Å². The van der Waals surface area contributed by atoms with Crippen LogP contribution in [0.3, 0.4) is 0 Å². The number of amides is 2. The van der Waals surface area contributed by atoms with Crippen molar-refractivity contribution in [2.24, 2.45) is 0 Å². The standard InChI is InChI=1S/C23H25Cl2N3O4/c24-18-8-3-13(10-19(18)25)21-17(12-32-23(30)27-15-6-7-15)16(20-2-1-9-28(20)21)11-31-22(29)26-14-4-5-14/h3,8,10,14-15H,1-2,4-7,9,11-12H2,(H,26,29)(H,27,30). The van der Waals surface area contributed by atoms with E-state index >= 15 is 0 Å². The molecular formula is C23H25Cl2N3O4. The highest BCUT2D eigenvalue weighted by Gasteiger charge is 2.30. The quantitative estimate of drug-likeness (QED) is 0.574. The average molecular weight is 478 g/mol. The number of aromatic nitrogens is 1. The number of nitrogens with one attached hydrogen (secondary N) is 2. The van der Waals surface area contributed by atoms with Crippen molar-refractivity contribution in [3.63, 3.8) is 0 Å². The van der Waals surface area contributed by atoms with Crippen molar-refractivity contribution in [3.8, 4) is 11.3 Å². The van der Waals surface area contributed by atoms with Crippen LogP contribution >= 0.6 is 23.2 Å². The molecule has 2 N–H and O–H groups in total. The lowest BCUT2D eigenvalue weighted by Crippen LogP contribution is -2.27. The zero-order chi connectivity index (χ0) is 22.2. The summed E-state index contributed by atoms with van der Waals surface area (Å²) in [6.07, 6.45) is 4.97. The molecule has 1 aromatic heterocycles. The summed E-state index contributed by atoms with van der Waals surface area (Å²) in [5, 5.41) is 6.63. The normalized spacial score (nSPS) is 17.1. The second-order valence-corrected chi connectivity index (χ2v) is 9.44. The molecule has 0 unspecified atom stereocenters. The van der Waals surface area contributed by atoms with Gasteiger partial charge in [0, 0.05) is 41.0 Å². The number of hydrogen-bond donors (Lipinski definition) is 2. The molecule has 7 nitrogen and oxygen atoms in total. The van der Waals surface area contributed by atoms with Gasteiger partial charge in [0.25, 0.3) is 0 Å². The molecule has 0 bridgehead atoms. The summed E-state index contributed by atoms with van der Waals surface area (Å²) in [4.78, 5) is 24.4. The summed E-state index contributed by atoms with van der Waals surface area (Å²) >= 11 is 12.4. The lowest BCUT2D eigenvalue weighted by Gasteiger charge is -2.13. The Morgan fingerprint density at radius 3 is 2.16 bits per heavy atom. The third-order valence-corrected chi connectivity index (χ3v) is 6.82. The van der Waals surface area contributed by atoms with E-state index in [0.29, 0.717) is 10.0 Å². The van der Waals surface area contributed by atoms with Crippen LogP contribution < -0.4 is 10.6 Å². The highest BCUT2D eigenvalue weighted by Crippen LogP contribution is 2.39. The van der Waals surface area contributed by atoms with Crippen molar-refractivity contribution >= 4 is 35.4 Å². The Hall–Kier alpha value is -2.38. The first-order chi connectivity index (χ1) is 15.5. The van der Waals surface area contributed by atoms with Crippen LogP contribution in [0.1, 0.15) is 48.9 Å². The van der Waals surface area contributed by atoms with E-state index in [1.807, 2.05) is 12.1 Å². The van der Waals surface area contributed by atoms with Crippen molar-refractivity contribution in [1.82, 2.24) is 15.2 Å². The molecule has 3 aliphatic rings. The summed E-state index contributed by atoms with van der Waals surface area (Å²) in [6.45, 7) is 1.04. The predicted octanol–water partition coefficient (Wildman–Crippen LogP) is 5.19. The number of alkyl carbamates (subject to hydrolysis) is 2. The van der Waals surface area contributed by atoms with Crippen LogP contribution in [0, 0.1) is 0 Å². The number of fused-ring (bicyclic) bond motifs is 1. The van der Waals surface area contributed by atoms with Gasteiger partial charge in [-0.2, -0.15) is 0 Å². The molecular weight excluding hydrogens is 453 g/mol. The molecule has 2 heterocycles. The number of halogens is 2. The number of carbonyl (C=O) groups excluding carboxylic acids is 2. The Morgan fingerprint density at radius 1 is 0.938 bits per heavy atom. The van der Waals surface area contributed by atoms with Gasteiger partial charge in [0.05, 0.1) is 15.7 Å². The van der Waals surface area contributed by atoms with Crippen LogP contribution in [-0.4, -0.2) is 28.8 Å². The molecule has 0 spiro atoms. The molecule has 2 aliphatic carbocycles. The highest BCUT2D eigenvalue weighted by atomic mass is 35.5. The van der Waals surface area contributed by atoms with Gasteiger partial charge < -0.3 is 24.7 Å². The van der Waals surface area contributed by atoms with E-state index < -0.39 is 12.2 Å². The van der Waals surface area contributed by atoms with E-state index in [0.717, 1.165) is 73.1 Å². The second kappa shape index (κ2) is 8.87. The van der Waals surface area contributed by atoms with Crippen LogP contribution in [0.15, 0.2) is 18.2 Å². The van der Waals surface area contributed by atoms with Crippen molar-refractivity contribution in [2.75, 3.05) is 0 Å². The van der Waals surface area contributed by atoms with Crippen LogP contribution in [-0.2, 0) is 35.7 Å². The second-order valence-electron chi connectivity index (χ2n) is 8.63. The van der Waals surface area contributed by atoms with Gasteiger partial charge in [-0.15, -0.1) is 0 Å². The smallest absolute Gasteiger partial charge is 0.407 e. The van der Waals surface area contributed by atoms with Crippen molar-refractivity contribution < 1.29 is 19.1 Å². The number of rotatable bonds is 7. The molecule has 2 saturated carbocycles. The minimum atomic E-state index is -0.433. The largest absolute Gasteiger partial charge is 0.445 e. The molecule has 170 valence electrons. The van der Waals surface area contributed by atoms with E-state index in [-0.39, 0.29) is 25.3 Å². The molecule has 2 amide bonds. The Morgan fingerprint density at radius 2 is 1.56 bits per heavy atom. The number of carbonyl (C=O) groups is 2. The third-order valence-electron chi connectivity index (χ3n) is 6.08. The van der Waals surface area contributed by atoms with Gasteiger partial charge >= 0.3 is 12.2 Å². The zero-order valence-electron chi connectivity index (χ0n) is 17.6. The Balaban J connectivity index is 1.46. The monoisotopic (exact) mass is 477 g/mol. The first kappa shape index (κ1) is 21.5. The van der Waals surface area contributed by atoms with Crippen molar-refractivity contribution in [2.45, 2.75) is 70.4 Å². The number of benzene rings is 1. The maximum absolute atomic E-state index is 12.2. The third kappa shape index (κ3) is 4.69. The Bertz CT molecular complexity index is 1060. The van der Waals surface area contributed by atoms with Gasteiger partial charge in [0.2, 0.25) is 0 Å². The minimum Gasteiger partial charge on any atom is -0.445 e. The first-order valence-corrected chi connectivity index (χ1v) is 11.8. The van der Waals surface area contributed by atoms with Gasteiger partial charge in [0.15, 0.2) is 0 Å². The van der Waals surface area contributed by atoms with Gasteiger partial charge in [-0.3, -0.25) is 0 Å². The molecule has 0 atom stereocenters. The maximum atomic E-state index is 12.2. The van der Waals surface area contributed by atoms with Gasteiger partial charge in [-0.05, 0) is 50.7 Å². The van der Waals surface area contributed by atoms with E-state index in [1.54, 1.807) is 6.07 Å². The molecule has 0 radical (unpaired) electrons. The fourth-order valence-electron chi connectivity index (χ4n) is 4.16. The molecule has 9 heteroatoms. The van der Waals surface area contributed by atoms with E-state index in [2.05, 4.69) is 15.2 Å². The number of nitrogens with zero attached hydrogens (tertiary/aromatic N) is 1. The predicted molar refractivity (Wildman–Crippen MR) is 121 cm³/mol. The summed E-state index contributed by atoms with van der Waals surface area (Å²) in [5.41, 5.74) is 4.65. The molecule has 1 aliphatic heterocycles. The summed E-state index contributed by atoms with van der Waals surface area (Å²) in [5.74, 6) is 0. The van der Waals surface area contributed by atoms with Gasteiger partial charge in [-0.1, -0.05) is 29.3 Å². The van der Waals surface area contributed by atoms with Crippen molar-refractivity contribution in [3.05, 3.63) is 45.1 Å². The fourth-order valence-corrected chi connectivity index (χ4v) is 4.46. The van der Waals surface area contributed by atoms with Crippen LogP contribution in [0.5, 0.6) is 0 Å². The molecule has 2 aromatic rings. The highest BCUT2D eigenvalue weighted by molar-refractivity contribution is 6.42. The topological polar surface area (TPSA) is 81.6 Å². The molecule has 32 heavy (non-hydrogen) atoms. The summed E-state index contributed by atoms with van der Waals surface area (Å²) < 4.78 is 13.3. The van der Waals surface area contributed by atoms with Crippen LogP contribution in [0.25, 0.3) is 11.3 Å². The lowest BCUT2D eigenvalue weighted by atomic mass is 10.0. The number of ether oxygens (including phenoxy) is 2. The lowest BCUT2D eigenvalue weighted by molar-refractivity contribution is 0.131. The fraction of sp³-hybridized carbons (Fsp3) is 0.478. The minimum absolute atomic E-state index is 0.0804. The molecule has 5 rings (SSSR count). The van der Waals surface area contributed by atoms with Crippen LogP contribution in [0.4, 0.5) is 9.59 Å². The molecule has 2 fully saturated rings. The average Bonchev–Trinajstić information content (AvgIpc) is 3.67. The Kier molecular flexibility index (Phi) is 5.95. The molecule has 1 aromatic carbocycles. The first-order valence-electron chi connectivity index (χ1n) is 11.0. The number of hydrogen-bond acceptors (Lipinski definition) is 4. The van der Waals surface area contributed by atoms with Gasteiger partial charge in [0.1, 0.15) is 13.2 Å². The van der Waals surface area contributed by atoms with Crippen molar-refractivity contribution in [1.29, 1.82) is 0 Å². The van der Waals surface area contributed by atoms with E-state index in [1.165, 1.54) is 0 Å². The zero-order valence-corrected chi connectivity index (χ0v) is 19.1. The van der Waals surface area contributed by atoms with Gasteiger partial charge in [-0.25, -0.2) is 9.59 Å². The SMILES string of the molecule is O=C(NC1CC1)OCc1c(COC(=O)NC2CC2)c(-c2ccc(Cl)c(Cl)c2)n2c1CCC2. The molecule has 0 saturated heterocycles. The summed E-state index contributed by atoms with van der Waals surface area (Å²) in [6, 6.07) is 5.93. The maximum Gasteiger partial charge on any atom is 0.407 e. The van der Waals surface area contributed by atoms with Crippen LogP contribution in [0.2, 0.25) is 10.0 Å². The summed E-state index contributed by atoms with van der Waals surface area (Å²) in [7, 11) is 0. The Labute approximate surface area is 196 Å².